The monoisotopic (exact) mass is 418 g/mol. The zero-order valence-corrected chi connectivity index (χ0v) is 17.8. The molecule has 0 saturated carbocycles. The Balaban J connectivity index is 1.45. The SMILES string of the molecule is Cc1nc(Nc2nnc(-c3ccc(OCc4ccccc4)cc3)s2)c(C)c(C)c1O. The number of hydrogen-bond acceptors (Lipinski definition) is 7. The van der Waals surface area contributed by atoms with Crippen LogP contribution in [0.4, 0.5) is 10.9 Å². The van der Waals surface area contributed by atoms with E-state index in [2.05, 4.69) is 20.5 Å². The Kier molecular flexibility index (Phi) is 5.63. The zero-order valence-electron chi connectivity index (χ0n) is 17.0. The summed E-state index contributed by atoms with van der Waals surface area (Å²) in [6.07, 6.45) is 0. The second-order valence-corrected chi connectivity index (χ2v) is 7.96. The summed E-state index contributed by atoms with van der Waals surface area (Å²) in [4.78, 5) is 4.43. The van der Waals surface area contributed by atoms with Gasteiger partial charge in [0.05, 0.1) is 5.69 Å². The van der Waals surface area contributed by atoms with Crippen LogP contribution in [-0.2, 0) is 6.61 Å². The lowest BCUT2D eigenvalue weighted by molar-refractivity contribution is 0.306. The van der Waals surface area contributed by atoms with Gasteiger partial charge < -0.3 is 15.2 Å². The molecule has 0 saturated heterocycles. The summed E-state index contributed by atoms with van der Waals surface area (Å²) in [6.45, 7) is 6.10. The van der Waals surface area contributed by atoms with Crippen molar-refractivity contribution in [2.24, 2.45) is 0 Å². The molecule has 6 nitrogen and oxygen atoms in total. The molecule has 0 amide bonds. The molecular weight excluding hydrogens is 396 g/mol. The molecule has 2 heterocycles. The van der Waals surface area contributed by atoms with Crippen LogP contribution in [0.2, 0.25) is 0 Å². The molecule has 2 aromatic carbocycles. The van der Waals surface area contributed by atoms with Crippen LogP contribution in [0.15, 0.2) is 54.6 Å². The fourth-order valence-corrected chi connectivity index (χ4v) is 3.73. The number of pyridine rings is 1. The van der Waals surface area contributed by atoms with E-state index >= 15 is 0 Å². The summed E-state index contributed by atoms with van der Waals surface area (Å²) < 4.78 is 5.84. The third kappa shape index (κ3) is 4.26. The third-order valence-electron chi connectivity index (χ3n) is 4.90. The number of aryl methyl sites for hydroxylation is 1. The zero-order chi connectivity index (χ0) is 21.1. The topological polar surface area (TPSA) is 80.2 Å². The van der Waals surface area contributed by atoms with Crippen molar-refractivity contribution in [1.82, 2.24) is 15.2 Å². The summed E-state index contributed by atoms with van der Waals surface area (Å²) in [5, 5.41) is 23.2. The van der Waals surface area contributed by atoms with Crippen LogP contribution in [0.1, 0.15) is 22.4 Å². The van der Waals surface area contributed by atoms with E-state index in [1.54, 1.807) is 6.92 Å². The molecule has 4 aromatic rings. The highest BCUT2D eigenvalue weighted by Gasteiger charge is 2.13. The van der Waals surface area contributed by atoms with Crippen LogP contribution >= 0.6 is 11.3 Å². The lowest BCUT2D eigenvalue weighted by atomic mass is 10.1. The van der Waals surface area contributed by atoms with Gasteiger partial charge in [-0.3, -0.25) is 0 Å². The first-order valence-corrected chi connectivity index (χ1v) is 10.4. The van der Waals surface area contributed by atoms with Gasteiger partial charge >= 0.3 is 0 Å². The van der Waals surface area contributed by atoms with Gasteiger partial charge in [0, 0.05) is 5.56 Å². The highest BCUT2D eigenvalue weighted by molar-refractivity contribution is 7.18. The van der Waals surface area contributed by atoms with Crippen molar-refractivity contribution in [2.75, 3.05) is 5.32 Å². The first-order chi connectivity index (χ1) is 14.5. The molecule has 0 atom stereocenters. The molecule has 152 valence electrons. The van der Waals surface area contributed by atoms with Crippen molar-refractivity contribution >= 4 is 22.3 Å². The molecule has 0 aliphatic rings. The van der Waals surface area contributed by atoms with Crippen molar-refractivity contribution in [2.45, 2.75) is 27.4 Å². The predicted octanol–water partition coefficient (Wildman–Crippen LogP) is 5.55. The second kappa shape index (κ2) is 8.51. The maximum Gasteiger partial charge on any atom is 0.211 e. The summed E-state index contributed by atoms with van der Waals surface area (Å²) in [7, 11) is 0. The predicted molar refractivity (Wildman–Crippen MR) is 120 cm³/mol. The van der Waals surface area contributed by atoms with Gasteiger partial charge in [-0.05, 0) is 61.7 Å². The van der Waals surface area contributed by atoms with Crippen molar-refractivity contribution in [3.8, 4) is 22.1 Å². The molecule has 0 radical (unpaired) electrons. The van der Waals surface area contributed by atoms with E-state index in [1.807, 2.05) is 68.4 Å². The van der Waals surface area contributed by atoms with Crippen LogP contribution < -0.4 is 10.1 Å². The minimum atomic E-state index is 0.227. The van der Waals surface area contributed by atoms with E-state index in [0.717, 1.165) is 33.0 Å². The average molecular weight is 419 g/mol. The van der Waals surface area contributed by atoms with E-state index in [-0.39, 0.29) is 5.75 Å². The van der Waals surface area contributed by atoms with E-state index in [4.69, 9.17) is 4.74 Å². The molecule has 0 aliphatic carbocycles. The first kappa shape index (κ1) is 19.8. The summed E-state index contributed by atoms with van der Waals surface area (Å²) >= 11 is 1.44. The fraction of sp³-hybridized carbons (Fsp3) is 0.174. The Hall–Kier alpha value is -3.45. The minimum absolute atomic E-state index is 0.227. The van der Waals surface area contributed by atoms with Gasteiger partial charge in [0.2, 0.25) is 5.13 Å². The maximum atomic E-state index is 10.0. The molecule has 2 N–H and O–H groups in total. The minimum Gasteiger partial charge on any atom is -0.506 e. The molecule has 7 heteroatoms. The Morgan fingerprint density at radius 2 is 1.67 bits per heavy atom. The molecule has 0 spiro atoms. The number of aromatic hydroxyl groups is 1. The van der Waals surface area contributed by atoms with Gasteiger partial charge in [0.25, 0.3) is 0 Å². The Morgan fingerprint density at radius 3 is 2.40 bits per heavy atom. The van der Waals surface area contributed by atoms with Crippen molar-refractivity contribution in [3.63, 3.8) is 0 Å². The number of nitrogens with one attached hydrogen (secondary N) is 1. The summed E-state index contributed by atoms with van der Waals surface area (Å²) in [6, 6.07) is 17.9. The molecule has 0 bridgehead atoms. The largest absolute Gasteiger partial charge is 0.506 e. The van der Waals surface area contributed by atoms with Crippen molar-refractivity contribution in [1.29, 1.82) is 0 Å². The highest BCUT2D eigenvalue weighted by atomic mass is 32.1. The first-order valence-electron chi connectivity index (χ1n) is 9.55. The number of benzene rings is 2. The Morgan fingerprint density at radius 1 is 0.933 bits per heavy atom. The molecule has 0 fully saturated rings. The summed E-state index contributed by atoms with van der Waals surface area (Å²) in [5.74, 6) is 1.71. The number of nitrogens with zero attached hydrogens (tertiary/aromatic N) is 3. The standard InChI is InChI=1S/C23H22N4O2S/c1-14-15(2)21(24-16(3)20(14)28)25-23-27-26-22(30-23)18-9-11-19(12-10-18)29-13-17-7-5-4-6-8-17/h4-12,28H,13H2,1-3H3,(H,24,25,27). The number of hydrogen-bond donors (Lipinski definition) is 2. The van der Waals surface area contributed by atoms with Gasteiger partial charge in [-0.25, -0.2) is 4.98 Å². The van der Waals surface area contributed by atoms with E-state index < -0.39 is 0 Å². The lowest BCUT2D eigenvalue weighted by Gasteiger charge is -2.11. The Bertz CT molecular complexity index is 1160. The van der Waals surface area contributed by atoms with Gasteiger partial charge in [0.15, 0.2) is 0 Å². The number of ether oxygens (including phenoxy) is 1. The normalized spacial score (nSPS) is 10.8. The van der Waals surface area contributed by atoms with Crippen LogP contribution in [0, 0.1) is 20.8 Å². The third-order valence-corrected chi connectivity index (χ3v) is 5.78. The average Bonchev–Trinajstić information content (AvgIpc) is 3.24. The van der Waals surface area contributed by atoms with E-state index in [1.165, 1.54) is 11.3 Å². The molecule has 30 heavy (non-hydrogen) atoms. The van der Waals surface area contributed by atoms with Gasteiger partial charge in [-0.2, -0.15) is 0 Å². The molecule has 4 rings (SSSR count). The molecular formula is C23H22N4O2S. The van der Waals surface area contributed by atoms with Gasteiger partial charge in [-0.1, -0.05) is 41.7 Å². The van der Waals surface area contributed by atoms with Crippen molar-refractivity contribution < 1.29 is 9.84 Å². The van der Waals surface area contributed by atoms with Gasteiger partial charge in [0.1, 0.15) is 28.9 Å². The van der Waals surface area contributed by atoms with E-state index in [9.17, 15) is 5.11 Å². The van der Waals surface area contributed by atoms with Crippen LogP contribution in [0.5, 0.6) is 11.5 Å². The molecule has 2 aromatic heterocycles. The maximum absolute atomic E-state index is 10.0. The fourth-order valence-electron chi connectivity index (χ4n) is 2.98. The van der Waals surface area contributed by atoms with Crippen LogP contribution in [-0.4, -0.2) is 20.3 Å². The van der Waals surface area contributed by atoms with Crippen LogP contribution in [0.3, 0.4) is 0 Å². The van der Waals surface area contributed by atoms with Gasteiger partial charge in [-0.15, -0.1) is 10.2 Å². The number of aromatic nitrogens is 3. The number of anilines is 2. The second-order valence-electron chi connectivity index (χ2n) is 6.98. The highest BCUT2D eigenvalue weighted by Crippen LogP contribution is 2.32. The van der Waals surface area contributed by atoms with E-state index in [0.29, 0.717) is 23.3 Å². The van der Waals surface area contributed by atoms with Crippen LogP contribution in [0.25, 0.3) is 10.6 Å². The Labute approximate surface area is 179 Å². The smallest absolute Gasteiger partial charge is 0.211 e. The lowest BCUT2D eigenvalue weighted by Crippen LogP contribution is -2.00. The van der Waals surface area contributed by atoms with Crippen molar-refractivity contribution in [3.05, 3.63) is 77.0 Å². The molecule has 0 aliphatic heterocycles. The number of rotatable bonds is 6. The summed E-state index contributed by atoms with van der Waals surface area (Å²) in [5.41, 5.74) is 4.37. The quantitative estimate of drug-likeness (QED) is 0.427. The molecule has 0 unspecified atom stereocenters.